The Morgan fingerprint density at radius 2 is 1.82 bits per heavy atom. The van der Waals surface area contributed by atoms with Crippen molar-refractivity contribution < 1.29 is 36.3 Å². The fourth-order valence-electron chi connectivity index (χ4n) is 4.93. The molecule has 15 heteroatoms. The monoisotopic (exact) mass is 688 g/mol. The van der Waals surface area contributed by atoms with Crippen LogP contribution in [0.3, 0.4) is 0 Å². The van der Waals surface area contributed by atoms with Gasteiger partial charge in [0.2, 0.25) is 11.8 Å². The second-order valence-corrected chi connectivity index (χ2v) is 11.8. The summed E-state index contributed by atoms with van der Waals surface area (Å²) in [6, 6.07) is 9.53. The van der Waals surface area contributed by atoms with Crippen molar-refractivity contribution in [2.75, 3.05) is 11.9 Å². The number of nitrogens with zero attached hydrogens (tertiary/aromatic N) is 2. The number of carbonyl (C=O) groups excluding carboxylic acids is 2. The number of aryl methyl sites for hydroxylation is 1. The molecule has 0 radical (unpaired) electrons. The highest BCUT2D eigenvalue weighted by Gasteiger charge is 2.48. The van der Waals surface area contributed by atoms with Crippen LogP contribution in [0.5, 0.6) is 5.75 Å². The van der Waals surface area contributed by atoms with E-state index in [1.165, 1.54) is 24.3 Å². The Labute approximate surface area is 268 Å². The van der Waals surface area contributed by atoms with E-state index < -0.39 is 55.3 Å². The number of ether oxygens (including phenoxy) is 1. The Morgan fingerprint density at radius 3 is 2.49 bits per heavy atom. The lowest BCUT2D eigenvalue weighted by Crippen LogP contribution is -2.44. The van der Waals surface area contributed by atoms with Gasteiger partial charge in [-0.05, 0) is 41.5 Å². The first-order valence-corrected chi connectivity index (χ1v) is 14.6. The number of hydrogen-bond donors (Lipinski definition) is 2. The minimum absolute atomic E-state index is 0.00494. The molecule has 1 aliphatic carbocycles. The number of aromatic nitrogens is 2. The topological polar surface area (TPSA) is 85.2 Å². The van der Waals surface area contributed by atoms with Gasteiger partial charge in [0, 0.05) is 55.5 Å². The summed E-state index contributed by atoms with van der Waals surface area (Å²) < 4.78 is 72.9. The molecular formula is C30H24Cl3F5N4O3. The van der Waals surface area contributed by atoms with Gasteiger partial charge in [0.15, 0.2) is 0 Å². The van der Waals surface area contributed by atoms with Crippen LogP contribution in [0.25, 0.3) is 11.0 Å². The van der Waals surface area contributed by atoms with Crippen molar-refractivity contribution in [1.29, 1.82) is 0 Å². The van der Waals surface area contributed by atoms with Gasteiger partial charge in [-0.3, -0.25) is 9.59 Å². The minimum Gasteiger partial charge on any atom is -0.487 e. The van der Waals surface area contributed by atoms with Gasteiger partial charge in [-0.1, -0.05) is 40.9 Å². The lowest BCUT2D eigenvalue weighted by molar-refractivity contribution is -0.150. The number of carbonyl (C=O) groups is 2. The molecule has 1 saturated carbocycles. The van der Waals surface area contributed by atoms with E-state index in [0.29, 0.717) is 33.0 Å². The first-order chi connectivity index (χ1) is 21.2. The van der Waals surface area contributed by atoms with Crippen molar-refractivity contribution in [2.45, 2.75) is 38.2 Å². The average Bonchev–Trinajstić information content (AvgIpc) is 3.27. The van der Waals surface area contributed by atoms with Gasteiger partial charge in [0.1, 0.15) is 24.0 Å². The van der Waals surface area contributed by atoms with E-state index in [4.69, 9.17) is 39.5 Å². The SMILES string of the molecule is Cn1c(Cc2c(Cl)ccc(CNC(=O)C3CC(F)(F)C3)c2Cl)nc2cc(C(=O)Nc3ccc(F)c(Cl)c3)c(OCC(F)F)cc21. The quantitative estimate of drug-likeness (QED) is 0.166. The molecule has 5 rings (SSSR count). The van der Waals surface area contributed by atoms with Gasteiger partial charge >= 0.3 is 0 Å². The summed E-state index contributed by atoms with van der Waals surface area (Å²) >= 11 is 18.9. The van der Waals surface area contributed by atoms with E-state index in [2.05, 4.69) is 15.6 Å². The third-order valence-electron chi connectivity index (χ3n) is 7.38. The lowest BCUT2D eigenvalue weighted by atomic mass is 9.81. The molecule has 238 valence electrons. The van der Waals surface area contributed by atoms with E-state index in [-0.39, 0.29) is 40.0 Å². The third-order valence-corrected chi connectivity index (χ3v) is 8.49. The summed E-state index contributed by atoms with van der Waals surface area (Å²) in [6.45, 7) is -0.981. The number of halogens is 8. The van der Waals surface area contributed by atoms with Crippen LogP contribution in [-0.2, 0) is 24.8 Å². The maximum absolute atomic E-state index is 13.6. The Kier molecular flexibility index (Phi) is 9.48. The molecular weight excluding hydrogens is 666 g/mol. The van der Waals surface area contributed by atoms with Crippen LogP contribution in [0.4, 0.5) is 27.6 Å². The first kappa shape index (κ1) is 32.8. The molecule has 3 aromatic carbocycles. The first-order valence-electron chi connectivity index (χ1n) is 13.5. The smallest absolute Gasteiger partial charge is 0.272 e. The molecule has 45 heavy (non-hydrogen) atoms. The predicted molar refractivity (Wildman–Crippen MR) is 160 cm³/mol. The van der Waals surface area contributed by atoms with Gasteiger partial charge in [-0.25, -0.2) is 26.9 Å². The van der Waals surface area contributed by atoms with E-state index >= 15 is 0 Å². The number of amides is 2. The van der Waals surface area contributed by atoms with E-state index in [1.54, 1.807) is 23.7 Å². The largest absolute Gasteiger partial charge is 0.487 e. The van der Waals surface area contributed by atoms with Crippen LogP contribution in [-0.4, -0.2) is 40.3 Å². The molecule has 0 spiro atoms. The molecule has 2 amide bonds. The highest BCUT2D eigenvalue weighted by Crippen LogP contribution is 2.42. The van der Waals surface area contributed by atoms with Crippen LogP contribution in [0.2, 0.25) is 15.1 Å². The Bertz CT molecular complexity index is 1790. The standard InChI is InChI=1S/C30H24Cl3F5N4O3/c1-42-23-9-24(45-13-25(35)36)18(29(44)40-16-3-5-21(34)20(32)6-16)7-22(23)41-26(42)8-17-19(31)4-2-14(27(17)33)12-39-28(43)15-10-30(37,38)11-15/h2-7,9,15,25H,8,10-13H2,1H3,(H,39,43)(H,40,44). The maximum Gasteiger partial charge on any atom is 0.272 e. The van der Waals surface area contributed by atoms with Gasteiger partial charge in [0.25, 0.3) is 12.3 Å². The third kappa shape index (κ3) is 7.29. The van der Waals surface area contributed by atoms with Crippen molar-refractivity contribution >= 4 is 63.3 Å². The van der Waals surface area contributed by atoms with Crippen LogP contribution in [0, 0.1) is 11.7 Å². The summed E-state index contributed by atoms with van der Waals surface area (Å²) in [6.07, 6.45) is -3.71. The number of nitrogens with one attached hydrogen (secondary N) is 2. The molecule has 0 saturated heterocycles. The van der Waals surface area contributed by atoms with Crippen molar-refractivity contribution in [3.63, 3.8) is 0 Å². The molecule has 1 heterocycles. The molecule has 7 nitrogen and oxygen atoms in total. The number of hydrogen-bond acceptors (Lipinski definition) is 4. The van der Waals surface area contributed by atoms with Crippen LogP contribution < -0.4 is 15.4 Å². The number of anilines is 1. The predicted octanol–water partition coefficient (Wildman–Crippen LogP) is 7.82. The number of alkyl halides is 4. The van der Waals surface area contributed by atoms with Crippen molar-refractivity contribution in [3.05, 3.63) is 85.9 Å². The summed E-state index contributed by atoms with van der Waals surface area (Å²) in [4.78, 5) is 30.1. The Balaban J connectivity index is 1.42. The summed E-state index contributed by atoms with van der Waals surface area (Å²) in [5.41, 5.74) is 1.82. The second-order valence-electron chi connectivity index (χ2n) is 10.6. The van der Waals surface area contributed by atoms with Gasteiger partial charge < -0.3 is 19.9 Å². The van der Waals surface area contributed by atoms with Crippen LogP contribution in [0.15, 0.2) is 42.5 Å². The molecule has 1 aliphatic rings. The van der Waals surface area contributed by atoms with Gasteiger partial charge in [0.05, 0.1) is 26.6 Å². The van der Waals surface area contributed by atoms with E-state index in [0.717, 1.165) is 6.07 Å². The lowest BCUT2D eigenvalue weighted by Gasteiger charge is -2.33. The molecule has 1 fully saturated rings. The summed E-state index contributed by atoms with van der Waals surface area (Å²) in [7, 11) is 1.67. The molecule has 4 aromatic rings. The van der Waals surface area contributed by atoms with Gasteiger partial charge in [-0.2, -0.15) is 0 Å². The Hall–Kier alpha value is -3.61. The Morgan fingerprint density at radius 1 is 1.09 bits per heavy atom. The minimum atomic E-state index is -2.82. The zero-order valence-electron chi connectivity index (χ0n) is 23.4. The zero-order chi connectivity index (χ0) is 32.6. The number of rotatable bonds is 10. The highest BCUT2D eigenvalue weighted by molar-refractivity contribution is 6.36. The molecule has 0 bridgehead atoms. The maximum atomic E-state index is 13.6. The fourth-order valence-corrected chi connectivity index (χ4v) is 5.68. The highest BCUT2D eigenvalue weighted by atomic mass is 35.5. The molecule has 1 aromatic heterocycles. The van der Waals surface area contributed by atoms with Crippen LogP contribution in [0.1, 0.15) is 40.2 Å². The average molecular weight is 690 g/mol. The number of benzene rings is 3. The summed E-state index contributed by atoms with van der Waals surface area (Å²) in [5, 5.41) is 5.51. The zero-order valence-corrected chi connectivity index (χ0v) is 25.6. The van der Waals surface area contributed by atoms with E-state index in [9.17, 15) is 31.5 Å². The molecule has 0 unspecified atom stereocenters. The molecule has 0 aliphatic heterocycles. The molecule has 2 N–H and O–H groups in total. The number of imidazole rings is 1. The van der Waals surface area contributed by atoms with Crippen LogP contribution >= 0.6 is 34.8 Å². The van der Waals surface area contributed by atoms with Crippen molar-refractivity contribution in [2.24, 2.45) is 13.0 Å². The molecule has 0 atom stereocenters. The normalized spacial score (nSPS) is 14.4. The fraction of sp³-hybridized carbons (Fsp3) is 0.300. The summed E-state index contributed by atoms with van der Waals surface area (Å²) in [5.74, 6) is -5.19. The number of fused-ring (bicyclic) bond motifs is 1. The van der Waals surface area contributed by atoms with Gasteiger partial charge in [-0.15, -0.1) is 0 Å². The van der Waals surface area contributed by atoms with E-state index in [1.807, 2.05) is 0 Å². The van der Waals surface area contributed by atoms with Crippen molar-refractivity contribution in [3.8, 4) is 5.75 Å². The van der Waals surface area contributed by atoms with Crippen molar-refractivity contribution in [1.82, 2.24) is 14.9 Å². The second kappa shape index (κ2) is 13.0.